The van der Waals surface area contributed by atoms with E-state index in [1.54, 1.807) is 17.4 Å². The van der Waals surface area contributed by atoms with E-state index in [1.807, 2.05) is 13.1 Å². The molecule has 18 heavy (non-hydrogen) atoms. The first-order valence-electron chi connectivity index (χ1n) is 5.10. The molecule has 0 fully saturated rings. The van der Waals surface area contributed by atoms with Crippen LogP contribution in [0.1, 0.15) is 5.56 Å². The molecule has 0 aliphatic rings. The fourth-order valence-electron chi connectivity index (χ4n) is 1.60. The van der Waals surface area contributed by atoms with Crippen molar-refractivity contribution in [2.75, 3.05) is 7.05 Å². The van der Waals surface area contributed by atoms with Gasteiger partial charge in [-0.05, 0) is 30.1 Å². The number of rotatable bonds is 3. The first-order chi connectivity index (χ1) is 8.54. The lowest BCUT2D eigenvalue weighted by atomic mass is 10.1. The maximum absolute atomic E-state index is 6.21. The van der Waals surface area contributed by atoms with Crippen LogP contribution in [0.3, 0.4) is 0 Å². The van der Waals surface area contributed by atoms with E-state index in [9.17, 15) is 0 Å². The Kier molecular flexibility index (Phi) is 4.81. The lowest BCUT2D eigenvalue weighted by Gasteiger charge is -2.08. The molecule has 0 radical (unpaired) electrons. The van der Waals surface area contributed by atoms with Crippen LogP contribution in [-0.4, -0.2) is 7.05 Å². The Morgan fingerprint density at radius 1 is 1.06 bits per heavy atom. The molecule has 1 N–H and O–H groups in total. The molecule has 2 rings (SSSR count). The zero-order valence-electron chi connectivity index (χ0n) is 9.36. The van der Waals surface area contributed by atoms with Crippen molar-refractivity contribution in [2.24, 2.45) is 0 Å². The Bertz CT molecular complexity index is 580. The summed E-state index contributed by atoms with van der Waals surface area (Å²) in [6, 6.07) is 3.66. The van der Waals surface area contributed by atoms with Crippen molar-refractivity contribution in [3.05, 3.63) is 43.2 Å². The smallest absolute Gasteiger partial charge is 0.0786 e. The van der Waals surface area contributed by atoms with Crippen LogP contribution in [0.15, 0.2) is 17.5 Å². The largest absolute Gasteiger partial charge is 0.316 e. The highest BCUT2D eigenvalue weighted by atomic mass is 35.5. The Labute approximate surface area is 130 Å². The standard InChI is InChI=1S/C12H9Cl4NS/c1-17-4-6-2-9(18-5-6)10-7(13)3-8(14)11(15)12(10)16/h2-3,5,17H,4H2,1H3. The minimum absolute atomic E-state index is 0.335. The first-order valence-corrected chi connectivity index (χ1v) is 7.49. The number of thiophene rings is 1. The van der Waals surface area contributed by atoms with Crippen LogP contribution in [0.5, 0.6) is 0 Å². The van der Waals surface area contributed by atoms with E-state index < -0.39 is 0 Å². The second-order valence-electron chi connectivity index (χ2n) is 3.69. The highest BCUT2D eigenvalue weighted by molar-refractivity contribution is 7.13. The highest BCUT2D eigenvalue weighted by Gasteiger charge is 2.16. The van der Waals surface area contributed by atoms with E-state index in [4.69, 9.17) is 46.4 Å². The van der Waals surface area contributed by atoms with E-state index in [-0.39, 0.29) is 0 Å². The Morgan fingerprint density at radius 2 is 1.78 bits per heavy atom. The topological polar surface area (TPSA) is 12.0 Å². The summed E-state index contributed by atoms with van der Waals surface area (Å²) < 4.78 is 0. The number of nitrogens with one attached hydrogen (secondary N) is 1. The van der Waals surface area contributed by atoms with Crippen molar-refractivity contribution < 1.29 is 0 Å². The first kappa shape index (κ1) is 14.4. The molecule has 0 unspecified atom stereocenters. The third kappa shape index (κ3) is 2.79. The van der Waals surface area contributed by atoms with E-state index in [1.165, 1.54) is 5.56 Å². The predicted molar refractivity (Wildman–Crippen MR) is 82.6 cm³/mol. The van der Waals surface area contributed by atoms with Gasteiger partial charge in [-0.1, -0.05) is 46.4 Å². The minimum atomic E-state index is 0.335. The predicted octanol–water partition coefficient (Wildman–Crippen LogP) is 5.75. The van der Waals surface area contributed by atoms with Gasteiger partial charge in [0.2, 0.25) is 0 Å². The van der Waals surface area contributed by atoms with Gasteiger partial charge >= 0.3 is 0 Å². The number of hydrogen-bond acceptors (Lipinski definition) is 2. The van der Waals surface area contributed by atoms with Crippen molar-refractivity contribution in [3.63, 3.8) is 0 Å². The highest BCUT2D eigenvalue weighted by Crippen LogP contribution is 2.44. The molecule has 1 heterocycles. The van der Waals surface area contributed by atoms with Crippen LogP contribution in [0.2, 0.25) is 20.1 Å². The van der Waals surface area contributed by atoms with Crippen LogP contribution in [0.4, 0.5) is 0 Å². The van der Waals surface area contributed by atoms with Crippen LogP contribution in [0, 0.1) is 0 Å². The molecule has 0 saturated carbocycles. The lowest BCUT2D eigenvalue weighted by molar-refractivity contribution is 0.821. The van der Waals surface area contributed by atoms with E-state index in [2.05, 4.69) is 10.7 Å². The quantitative estimate of drug-likeness (QED) is 0.554. The molecular formula is C12H9Cl4NS. The van der Waals surface area contributed by atoms with Crippen molar-refractivity contribution in [3.8, 4) is 10.4 Å². The molecule has 0 spiro atoms. The summed E-state index contributed by atoms with van der Waals surface area (Å²) in [6.45, 7) is 0.799. The SMILES string of the molecule is CNCc1csc(-c2c(Cl)cc(Cl)c(Cl)c2Cl)c1. The summed E-state index contributed by atoms with van der Waals surface area (Å²) in [5.41, 5.74) is 1.91. The summed E-state index contributed by atoms with van der Waals surface area (Å²) in [5, 5.41) is 6.75. The molecule has 1 aromatic carbocycles. The number of benzene rings is 1. The summed E-state index contributed by atoms with van der Waals surface area (Å²) in [6.07, 6.45) is 0. The lowest BCUT2D eigenvalue weighted by Crippen LogP contribution is -2.03. The van der Waals surface area contributed by atoms with Crippen molar-refractivity contribution in [1.82, 2.24) is 5.32 Å². The molecule has 96 valence electrons. The minimum Gasteiger partial charge on any atom is -0.316 e. The summed E-state index contributed by atoms with van der Waals surface area (Å²) >= 11 is 25.9. The monoisotopic (exact) mass is 339 g/mol. The van der Waals surface area contributed by atoms with E-state index in [0.717, 1.165) is 17.0 Å². The Balaban J connectivity index is 2.53. The third-order valence-corrected chi connectivity index (χ3v) is 4.95. The van der Waals surface area contributed by atoms with Crippen molar-refractivity contribution in [1.29, 1.82) is 0 Å². The number of halogens is 4. The zero-order chi connectivity index (χ0) is 13.3. The summed E-state index contributed by atoms with van der Waals surface area (Å²) in [4.78, 5) is 0.980. The molecule has 0 atom stereocenters. The fourth-order valence-corrected chi connectivity index (χ4v) is 3.80. The van der Waals surface area contributed by atoms with Gasteiger partial charge in [0, 0.05) is 17.0 Å². The van der Waals surface area contributed by atoms with Crippen LogP contribution >= 0.6 is 57.7 Å². The van der Waals surface area contributed by atoms with Gasteiger partial charge in [0.05, 0.1) is 20.1 Å². The van der Waals surface area contributed by atoms with Gasteiger partial charge in [0.25, 0.3) is 0 Å². The Hall–Kier alpha value is 0.0400. The fraction of sp³-hybridized carbons (Fsp3) is 0.167. The van der Waals surface area contributed by atoms with Crippen molar-refractivity contribution in [2.45, 2.75) is 6.54 Å². The van der Waals surface area contributed by atoms with Gasteiger partial charge in [0.15, 0.2) is 0 Å². The van der Waals surface area contributed by atoms with Gasteiger partial charge in [0.1, 0.15) is 0 Å². The maximum Gasteiger partial charge on any atom is 0.0786 e. The molecule has 2 aromatic rings. The van der Waals surface area contributed by atoms with E-state index >= 15 is 0 Å². The van der Waals surface area contributed by atoms with Crippen LogP contribution < -0.4 is 5.32 Å². The molecular weight excluding hydrogens is 332 g/mol. The molecule has 0 saturated heterocycles. The molecule has 0 amide bonds. The van der Waals surface area contributed by atoms with Gasteiger partial charge in [-0.25, -0.2) is 0 Å². The normalized spacial score (nSPS) is 10.9. The van der Waals surface area contributed by atoms with Crippen LogP contribution in [0.25, 0.3) is 10.4 Å². The van der Waals surface area contributed by atoms with Crippen molar-refractivity contribution >= 4 is 57.7 Å². The molecule has 1 aromatic heterocycles. The second-order valence-corrected chi connectivity index (χ2v) is 6.17. The van der Waals surface area contributed by atoms with Gasteiger partial charge in [-0.2, -0.15) is 0 Å². The number of hydrogen-bond donors (Lipinski definition) is 1. The summed E-state index contributed by atoms with van der Waals surface area (Å²) in [7, 11) is 1.90. The van der Waals surface area contributed by atoms with E-state index in [0.29, 0.717) is 20.1 Å². The molecule has 6 heteroatoms. The van der Waals surface area contributed by atoms with Gasteiger partial charge < -0.3 is 5.32 Å². The molecule has 1 nitrogen and oxygen atoms in total. The third-order valence-electron chi connectivity index (χ3n) is 2.40. The molecule has 0 aliphatic heterocycles. The average molecular weight is 341 g/mol. The average Bonchev–Trinajstić information content (AvgIpc) is 2.75. The summed E-state index contributed by atoms with van der Waals surface area (Å²) in [5.74, 6) is 0. The van der Waals surface area contributed by atoms with Gasteiger partial charge in [-0.15, -0.1) is 11.3 Å². The molecule has 0 aliphatic carbocycles. The second kappa shape index (κ2) is 6.00. The maximum atomic E-state index is 6.21. The molecule has 0 bridgehead atoms. The zero-order valence-corrected chi connectivity index (χ0v) is 13.2. The Morgan fingerprint density at radius 3 is 2.44 bits per heavy atom. The van der Waals surface area contributed by atoms with Gasteiger partial charge in [-0.3, -0.25) is 0 Å². The van der Waals surface area contributed by atoms with Crippen LogP contribution in [-0.2, 0) is 6.54 Å².